The van der Waals surface area contributed by atoms with Gasteiger partial charge in [0.05, 0.1) is 12.6 Å². The number of hydrogen-bond donors (Lipinski definition) is 1. The SMILES string of the molecule is CC(NC(=O)c1ccc(CN(Cc2ccccc2Cl)C(C)C)o1)c1ccccc1. The van der Waals surface area contributed by atoms with Crippen LogP contribution in [0.5, 0.6) is 0 Å². The number of carbonyl (C=O) groups is 1. The van der Waals surface area contributed by atoms with Crippen molar-refractivity contribution in [2.75, 3.05) is 0 Å². The van der Waals surface area contributed by atoms with Crippen molar-refractivity contribution < 1.29 is 9.21 Å². The zero-order valence-electron chi connectivity index (χ0n) is 17.1. The predicted octanol–water partition coefficient (Wildman–Crippen LogP) is 5.83. The van der Waals surface area contributed by atoms with Gasteiger partial charge >= 0.3 is 0 Å². The van der Waals surface area contributed by atoms with E-state index in [2.05, 4.69) is 24.1 Å². The monoisotopic (exact) mass is 410 g/mol. The summed E-state index contributed by atoms with van der Waals surface area (Å²) in [5, 5.41) is 3.74. The molecule has 3 rings (SSSR count). The standard InChI is InChI=1S/C24H27ClN2O2/c1-17(2)27(15-20-11-7-8-12-22(20)25)16-21-13-14-23(29-21)24(28)26-18(3)19-9-5-4-6-10-19/h4-14,17-18H,15-16H2,1-3H3,(H,26,28). The maximum absolute atomic E-state index is 12.6. The molecule has 0 aliphatic carbocycles. The van der Waals surface area contributed by atoms with Crippen molar-refractivity contribution in [2.24, 2.45) is 0 Å². The summed E-state index contributed by atoms with van der Waals surface area (Å²) in [4.78, 5) is 14.8. The van der Waals surface area contributed by atoms with Gasteiger partial charge in [0.2, 0.25) is 0 Å². The van der Waals surface area contributed by atoms with Crippen LogP contribution in [0.15, 0.2) is 71.1 Å². The van der Waals surface area contributed by atoms with E-state index >= 15 is 0 Å². The topological polar surface area (TPSA) is 45.5 Å². The molecular formula is C24H27ClN2O2. The van der Waals surface area contributed by atoms with Crippen molar-refractivity contribution in [3.05, 3.63) is 94.4 Å². The molecule has 5 heteroatoms. The third-order valence-electron chi connectivity index (χ3n) is 4.95. The summed E-state index contributed by atoms with van der Waals surface area (Å²) in [7, 11) is 0. The first-order valence-corrected chi connectivity index (χ1v) is 10.2. The molecule has 1 amide bonds. The lowest BCUT2D eigenvalue weighted by atomic mass is 10.1. The molecule has 152 valence electrons. The van der Waals surface area contributed by atoms with Gasteiger partial charge < -0.3 is 9.73 Å². The van der Waals surface area contributed by atoms with Crippen LogP contribution in [0.2, 0.25) is 5.02 Å². The first-order chi connectivity index (χ1) is 13.9. The second kappa shape index (κ2) is 9.77. The molecule has 2 aromatic carbocycles. The average molecular weight is 411 g/mol. The van der Waals surface area contributed by atoms with Gasteiger partial charge in [-0.25, -0.2) is 0 Å². The number of carbonyl (C=O) groups excluding carboxylic acids is 1. The summed E-state index contributed by atoms with van der Waals surface area (Å²) < 4.78 is 5.84. The van der Waals surface area contributed by atoms with Gasteiger partial charge in [0.25, 0.3) is 5.91 Å². The van der Waals surface area contributed by atoms with Gasteiger partial charge in [0.1, 0.15) is 5.76 Å². The zero-order valence-corrected chi connectivity index (χ0v) is 17.8. The van der Waals surface area contributed by atoms with Crippen LogP contribution in [-0.2, 0) is 13.1 Å². The quantitative estimate of drug-likeness (QED) is 0.507. The van der Waals surface area contributed by atoms with Crippen LogP contribution < -0.4 is 5.32 Å². The predicted molar refractivity (Wildman–Crippen MR) is 117 cm³/mol. The van der Waals surface area contributed by atoms with Crippen LogP contribution >= 0.6 is 11.6 Å². The molecule has 0 saturated heterocycles. The molecule has 0 aliphatic heterocycles. The molecule has 4 nitrogen and oxygen atoms in total. The Morgan fingerprint density at radius 3 is 2.34 bits per heavy atom. The van der Waals surface area contributed by atoms with E-state index in [-0.39, 0.29) is 11.9 Å². The summed E-state index contributed by atoms with van der Waals surface area (Å²) in [6.07, 6.45) is 0. The Hall–Kier alpha value is -2.56. The van der Waals surface area contributed by atoms with Crippen LogP contribution in [0.1, 0.15) is 54.3 Å². The first-order valence-electron chi connectivity index (χ1n) is 9.86. The second-order valence-corrected chi connectivity index (χ2v) is 7.87. The Morgan fingerprint density at radius 1 is 0.966 bits per heavy atom. The molecule has 0 bridgehead atoms. The highest BCUT2D eigenvalue weighted by atomic mass is 35.5. The third-order valence-corrected chi connectivity index (χ3v) is 5.32. The number of nitrogens with zero attached hydrogens (tertiary/aromatic N) is 1. The summed E-state index contributed by atoms with van der Waals surface area (Å²) in [5.74, 6) is 0.863. The Kier molecular flexibility index (Phi) is 7.13. The van der Waals surface area contributed by atoms with E-state index in [4.69, 9.17) is 16.0 Å². The highest BCUT2D eigenvalue weighted by Crippen LogP contribution is 2.21. The van der Waals surface area contributed by atoms with E-state index in [0.29, 0.717) is 24.9 Å². The van der Waals surface area contributed by atoms with E-state index in [9.17, 15) is 4.79 Å². The molecule has 1 N–H and O–H groups in total. The first kappa shape index (κ1) is 21.2. The van der Waals surface area contributed by atoms with Crippen molar-refractivity contribution in [3.8, 4) is 0 Å². The highest BCUT2D eigenvalue weighted by molar-refractivity contribution is 6.31. The summed E-state index contributed by atoms with van der Waals surface area (Å²) in [6, 6.07) is 21.5. The van der Waals surface area contributed by atoms with Crippen molar-refractivity contribution >= 4 is 17.5 Å². The Morgan fingerprint density at radius 2 is 1.66 bits per heavy atom. The number of halogens is 1. The van der Waals surface area contributed by atoms with Gasteiger partial charge in [-0.1, -0.05) is 60.1 Å². The molecule has 0 radical (unpaired) electrons. The third kappa shape index (κ3) is 5.72. The van der Waals surface area contributed by atoms with Gasteiger partial charge in [-0.3, -0.25) is 9.69 Å². The minimum Gasteiger partial charge on any atom is -0.455 e. The maximum Gasteiger partial charge on any atom is 0.287 e. The van der Waals surface area contributed by atoms with Gasteiger partial charge in [-0.05, 0) is 50.1 Å². The fraction of sp³-hybridized carbons (Fsp3) is 0.292. The maximum atomic E-state index is 12.6. The number of furan rings is 1. The van der Waals surface area contributed by atoms with E-state index in [1.165, 1.54) is 0 Å². The van der Waals surface area contributed by atoms with Crippen molar-refractivity contribution in [2.45, 2.75) is 45.9 Å². The second-order valence-electron chi connectivity index (χ2n) is 7.46. The zero-order chi connectivity index (χ0) is 20.8. The van der Waals surface area contributed by atoms with Crippen molar-refractivity contribution in [1.82, 2.24) is 10.2 Å². The van der Waals surface area contributed by atoms with Crippen LogP contribution in [-0.4, -0.2) is 16.8 Å². The largest absolute Gasteiger partial charge is 0.455 e. The molecule has 0 spiro atoms. The summed E-state index contributed by atoms with van der Waals surface area (Å²) in [6.45, 7) is 7.54. The van der Waals surface area contributed by atoms with E-state index in [0.717, 1.165) is 21.9 Å². The lowest BCUT2D eigenvalue weighted by molar-refractivity contribution is 0.0906. The molecule has 0 aliphatic rings. The minimum atomic E-state index is -0.213. The van der Waals surface area contributed by atoms with Gasteiger partial charge in [0, 0.05) is 17.6 Å². The van der Waals surface area contributed by atoms with E-state index in [1.807, 2.05) is 67.6 Å². The molecule has 3 aromatic rings. The minimum absolute atomic E-state index is 0.0929. The number of nitrogens with one attached hydrogen (secondary N) is 1. The fourth-order valence-electron chi connectivity index (χ4n) is 3.14. The lowest BCUT2D eigenvalue weighted by Crippen LogP contribution is -2.29. The van der Waals surface area contributed by atoms with E-state index < -0.39 is 0 Å². The summed E-state index contributed by atoms with van der Waals surface area (Å²) in [5.41, 5.74) is 2.13. The van der Waals surface area contributed by atoms with Crippen LogP contribution in [0.3, 0.4) is 0 Å². The normalized spacial score (nSPS) is 12.3. The summed E-state index contributed by atoms with van der Waals surface area (Å²) >= 11 is 6.32. The molecule has 1 aromatic heterocycles. The molecule has 0 fully saturated rings. The highest BCUT2D eigenvalue weighted by Gasteiger charge is 2.18. The van der Waals surface area contributed by atoms with Crippen molar-refractivity contribution in [3.63, 3.8) is 0 Å². The number of hydrogen-bond acceptors (Lipinski definition) is 3. The Bertz CT molecular complexity index is 937. The van der Waals surface area contributed by atoms with Crippen LogP contribution in [0.25, 0.3) is 0 Å². The van der Waals surface area contributed by atoms with Crippen LogP contribution in [0, 0.1) is 0 Å². The lowest BCUT2D eigenvalue weighted by Gasteiger charge is -2.26. The van der Waals surface area contributed by atoms with Crippen molar-refractivity contribution in [1.29, 1.82) is 0 Å². The molecule has 1 atom stereocenters. The van der Waals surface area contributed by atoms with Gasteiger partial charge in [-0.2, -0.15) is 0 Å². The average Bonchev–Trinajstić information content (AvgIpc) is 3.18. The fourth-order valence-corrected chi connectivity index (χ4v) is 3.34. The molecule has 1 unspecified atom stereocenters. The molecular weight excluding hydrogens is 384 g/mol. The Labute approximate surface area is 177 Å². The van der Waals surface area contributed by atoms with Gasteiger partial charge in [-0.15, -0.1) is 0 Å². The Balaban J connectivity index is 1.65. The number of benzene rings is 2. The van der Waals surface area contributed by atoms with Crippen LogP contribution in [0.4, 0.5) is 0 Å². The molecule has 29 heavy (non-hydrogen) atoms. The number of amides is 1. The smallest absolute Gasteiger partial charge is 0.287 e. The van der Waals surface area contributed by atoms with E-state index in [1.54, 1.807) is 6.07 Å². The number of rotatable bonds is 8. The molecule has 0 saturated carbocycles. The molecule has 1 heterocycles. The van der Waals surface area contributed by atoms with Gasteiger partial charge in [0.15, 0.2) is 5.76 Å².